The van der Waals surface area contributed by atoms with E-state index in [9.17, 15) is 14.0 Å². The predicted octanol–water partition coefficient (Wildman–Crippen LogP) is 2.16. The SMILES string of the molecule is CN(CCC(=O)O)C(=O)NC1CCCOc2cc(F)ccc21. The van der Waals surface area contributed by atoms with Crippen LogP contribution in [0, 0.1) is 5.82 Å². The van der Waals surface area contributed by atoms with Gasteiger partial charge < -0.3 is 20.1 Å². The summed E-state index contributed by atoms with van der Waals surface area (Å²) < 4.78 is 18.8. The van der Waals surface area contributed by atoms with Crippen molar-refractivity contribution in [2.75, 3.05) is 20.2 Å². The van der Waals surface area contributed by atoms with Gasteiger partial charge in [0.05, 0.1) is 19.1 Å². The first kappa shape index (κ1) is 16.1. The molecule has 1 aromatic carbocycles. The van der Waals surface area contributed by atoms with E-state index in [0.29, 0.717) is 18.8 Å². The van der Waals surface area contributed by atoms with Gasteiger partial charge in [0.2, 0.25) is 0 Å². The molecule has 1 heterocycles. The van der Waals surface area contributed by atoms with Gasteiger partial charge in [0.25, 0.3) is 0 Å². The van der Waals surface area contributed by atoms with Gasteiger partial charge in [-0.05, 0) is 18.9 Å². The number of fused-ring (bicyclic) bond motifs is 1. The molecule has 0 saturated carbocycles. The normalized spacial score (nSPS) is 16.9. The Balaban J connectivity index is 2.06. The number of nitrogens with one attached hydrogen (secondary N) is 1. The molecule has 0 bridgehead atoms. The first-order valence-electron chi connectivity index (χ1n) is 7.13. The lowest BCUT2D eigenvalue weighted by atomic mass is 10.0. The number of halogens is 1. The van der Waals surface area contributed by atoms with E-state index in [-0.39, 0.29) is 30.9 Å². The van der Waals surface area contributed by atoms with Crippen molar-refractivity contribution >= 4 is 12.0 Å². The largest absolute Gasteiger partial charge is 0.493 e. The fourth-order valence-corrected chi connectivity index (χ4v) is 2.32. The lowest BCUT2D eigenvalue weighted by Crippen LogP contribution is -2.40. The minimum Gasteiger partial charge on any atom is -0.493 e. The highest BCUT2D eigenvalue weighted by Crippen LogP contribution is 2.32. The molecule has 0 aromatic heterocycles. The molecular weight excluding hydrogens is 291 g/mol. The number of urea groups is 1. The van der Waals surface area contributed by atoms with Crippen LogP contribution in [0.15, 0.2) is 18.2 Å². The molecule has 6 nitrogen and oxygen atoms in total. The number of amides is 2. The quantitative estimate of drug-likeness (QED) is 0.893. The smallest absolute Gasteiger partial charge is 0.317 e. The standard InChI is InChI=1S/C15H19FN2O4/c1-18(7-6-14(19)20)15(21)17-12-3-2-8-22-13-9-10(16)4-5-11(12)13/h4-5,9,12H,2-3,6-8H2,1H3,(H,17,21)(H,19,20). The van der Waals surface area contributed by atoms with E-state index >= 15 is 0 Å². The number of hydrogen-bond acceptors (Lipinski definition) is 3. The topological polar surface area (TPSA) is 78.9 Å². The molecule has 7 heteroatoms. The number of carbonyl (C=O) groups is 2. The molecule has 2 N–H and O–H groups in total. The van der Waals surface area contributed by atoms with Crippen LogP contribution in [-0.4, -0.2) is 42.2 Å². The molecule has 0 fully saturated rings. The molecule has 0 spiro atoms. The number of benzene rings is 1. The maximum absolute atomic E-state index is 13.3. The van der Waals surface area contributed by atoms with Gasteiger partial charge in [-0.3, -0.25) is 4.79 Å². The Morgan fingerprint density at radius 2 is 2.27 bits per heavy atom. The van der Waals surface area contributed by atoms with E-state index in [0.717, 1.165) is 12.0 Å². The van der Waals surface area contributed by atoms with Gasteiger partial charge in [-0.25, -0.2) is 9.18 Å². The van der Waals surface area contributed by atoms with Gasteiger partial charge in [0.1, 0.15) is 11.6 Å². The molecule has 2 amide bonds. The van der Waals surface area contributed by atoms with Crippen molar-refractivity contribution in [3.05, 3.63) is 29.6 Å². The maximum Gasteiger partial charge on any atom is 0.317 e. The van der Waals surface area contributed by atoms with E-state index in [4.69, 9.17) is 9.84 Å². The molecule has 1 unspecified atom stereocenters. The second-order valence-electron chi connectivity index (χ2n) is 5.24. The van der Waals surface area contributed by atoms with Crippen LogP contribution in [-0.2, 0) is 4.79 Å². The Kier molecular flexibility index (Phi) is 5.19. The van der Waals surface area contributed by atoms with Gasteiger partial charge in [0.15, 0.2) is 0 Å². The van der Waals surface area contributed by atoms with Gasteiger partial charge in [-0.15, -0.1) is 0 Å². The fourth-order valence-electron chi connectivity index (χ4n) is 2.32. The zero-order valence-corrected chi connectivity index (χ0v) is 12.3. The number of nitrogens with zero attached hydrogens (tertiary/aromatic N) is 1. The number of carboxylic acid groups (broad SMARTS) is 1. The Morgan fingerprint density at radius 3 is 3.00 bits per heavy atom. The second kappa shape index (κ2) is 7.11. The summed E-state index contributed by atoms with van der Waals surface area (Å²) in [5.74, 6) is -0.899. The van der Waals surface area contributed by atoms with E-state index in [1.165, 1.54) is 24.1 Å². The first-order chi connectivity index (χ1) is 10.5. The third kappa shape index (κ3) is 4.09. The van der Waals surface area contributed by atoms with Crippen molar-refractivity contribution < 1.29 is 23.8 Å². The Hall–Kier alpha value is -2.31. The van der Waals surface area contributed by atoms with Crippen LogP contribution in [0.5, 0.6) is 5.75 Å². The van der Waals surface area contributed by atoms with Crippen LogP contribution in [0.1, 0.15) is 30.9 Å². The molecule has 22 heavy (non-hydrogen) atoms. The third-order valence-electron chi connectivity index (χ3n) is 3.55. The van der Waals surface area contributed by atoms with Crippen molar-refractivity contribution in [1.29, 1.82) is 0 Å². The van der Waals surface area contributed by atoms with Crippen molar-refractivity contribution in [3.8, 4) is 5.75 Å². The van der Waals surface area contributed by atoms with Crippen LogP contribution >= 0.6 is 0 Å². The molecule has 1 aromatic rings. The summed E-state index contributed by atoms with van der Waals surface area (Å²) in [6.45, 7) is 0.596. The van der Waals surface area contributed by atoms with Gasteiger partial charge in [-0.2, -0.15) is 0 Å². The van der Waals surface area contributed by atoms with Crippen LogP contribution in [0.2, 0.25) is 0 Å². The molecular formula is C15H19FN2O4. The summed E-state index contributed by atoms with van der Waals surface area (Å²) in [5, 5.41) is 11.5. The van der Waals surface area contributed by atoms with Crippen LogP contribution < -0.4 is 10.1 Å². The molecule has 0 radical (unpaired) electrons. The van der Waals surface area contributed by atoms with E-state index in [2.05, 4.69) is 5.32 Å². The Bertz CT molecular complexity index is 564. The van der Waals surface area contributed by atoms with Crippen LogP contribution in [0.25, 0.3) is 0 Å². The van der Waals surface area contributed by atoms with Gasteiger partial charge in [-0.1, -0.05) is 6.07 Å². The number of carbonyl (C=O) groups excluding carboxylic acids is 1. The minimum atomic E-state index is -0.955. The van der Waals surface area contributed by atoms with E-state index in [1.54, 1.807) is 6.07 Å². The highest BCUT2D eigenvalue weighted by atomic mass is 19.1. The summed E-state index contributed by atoms with van der Waals surface area (Å²) in [6, 6.07) is 3.62. The number of carboxylic acids is 1. The summed E-state index contributed by atoms with van der Waals surface area (Å²) in [4.78, 5) is 24.0. The summed E-state index contributed by atoms with van der Waals surface area (Å²) in [6.07, 6.45) is 1.30. The van der Waals surface area contributed by atoms with Gasteiger partial charge in [0, 0.05) is 25.2 Å². The molecule has 0 saturated heterocycles. The maximum atomic E-state index is 13.3. The number of rotatable bonds is 4. The monoisotopic (exact) mass is 310 g/mol. The van der Waals surface area contributed by atoms with E-state index < -0.39 is 5.97 Å². The van der Waals surface area contributed by atoms with Crippen molar-refractivity contribution in [2.45, 2.75) is 25.3 Å². The highest BCUT2D eigenvalue weighted by molar-refractivity contribution is 5.75. The average Bonchev–Trinajstić information content (AvgIpc) is 2.66. The zero-order chi connectivity index (χ0) is 16.1. The number of aliphatic carboxylic acids is 1. The highest BCUT2D eigenvalue weighted by Gasteiger charge is 2.23. The van der Waals surface area contributed by atoms with Crippen LogP contribution in [0.4, 0.5) is 9.18 Å². The molecule has 1 aliphatic heterocycles. The van der Waals surface area contributed by atoms with Gasteiger partial charge >= 0.3 is 12.0 Å². The van der Waals surface area contributed by atoms with Crippen LogP contribution in [0.3, 0.4) is 0 Å². The Morgan fingerprint density at radius 1 is 1.50 bits per heavy atom. The Labute approximate surface area is 127 Å². The third-order valence-corrected chi connectivity index (χ3v) is 3.55. The fraction of sp³-hybridized carbons (Fsp3) is 0.467. The lowest BCUT2D eigenvalue weighted by molar-refractivity contribution is -0.137. The molecule has 2 rings (SSSR count). The molecule has 0 aliphatic carbocycles. The summed E-state index contributed by atoms with van der Waals surface area (Å²) in [5.41, 5.74) is 0.735. The number of hydrogen-bond donors (Lipinski definition) is 2. The van der Waals surface area contributed by atoms with Crippen molar-refractivity contribution in [3.63, 3.8) is 0 Å². The summed E-state index contributed by atoms with van der Waals surface area (Å²) >= 11 is 0. The summed E-state index contributed by atoms with van der Waals surface area (Å²) in [7, 11) is 1.54. The zero-order valence-electron chi connectivity index (χ0n) is 12.3. The first-order valence-corrected chi connectivity index (χ1v) is 7.13. The van der Waals surface area contributed by atoms with Crippen molar-refractivity contribution in [1.82, 2.24) is 10.2 Å². The lowest BCUT2D eigenvalue weighted by Gasteiger charge is -2.23. The van der Waals surface area contributed by atoms with Crippen molar-refractivity contribution in [2.24, 2.45) is 0 Å². The second-order valence-corrected chi connectivity index (χ2v) is 5.24. The average molecular weight is 310 g/mol. The molecule has 1 aliphatic rings. The molecule has 1 atom stereocenters. The number of ether oxygens (including phenoxy) is 1. The predicted molar refractivity (Wildman–Crippen MR) is 77.3 cm³/mol. The molecule has 120 valence electrons. The van der Waals surface area contributed by atoms with E-state index in [1.807, 2.05) is 0 Å². The minimum absolute atomic E-state index is 0.112.